The van der Waals surface area contributed by atoms with E-state index in [9.17, 15) is 0 Å². The molecule has 44 valence electrons. The molecule has 5 nitrogen and oxygen atoms in total. The summed E-state index contributed by atoms with van der Waals surface area (Å²) in [6.45, 7) is 0. The third-order valence-electron chi connectivity index (χ3n) is 0. The zero-order valence-corrected chi connectivity index (χ0v) is 8.95. The minimum atomic E-state index is -4.64. The van der Waals surface area contributed by atoms with Crippen LogP contribution in [-0.2, 0) is 4.57 Å². The van der Waals surface area contributed by atoms with Gasteiger partial charge in [-0.3, -0.25) is 0 Å². The molecule has 0 heterocycles. The molecule has 7 heavy (non-hydrogen) atoms. The maximum absolute atomic E-state index is 8.88. The molecular formula is H8BaNO4P. The average molecular weight is 254 g/mol. The molecule has 6 N–H and O–H groups in total. The van der Waals surface area contributed by atoms with E-state index in [1.807, 2.05) is 0 Å². The zero-order valence-electron chi connectivity index (χ0n) is 5.61. The molecule has 0 saturated carbocycles. The van der Waals surface area contributed by atoms with Gasteiger partial charge in [0.05, 0.1) is 0 Å². The topological polar surface area (TPSA) is 113 Å². The van der Waals surface area contributed by atoms with Crippen molar-refractivity contribution in [1.82, 2.24) is 6.15 Å². The summed E-state index contributed by atoms with van der Waals surface area (Å²) in [5.41, 5.74) is 0. The van der Waals surface area contributed by atoms with Crippen molar-refractivity contribution >= 4 is 56.7 Å². The molecule has 0 aliphatic carbocycles. The number of phosphoric acid groups is 1. The van der Waals surface area contributed by atoms with Crippen molar-refractivity contribution in [2.24, 2.45) is 0 Å². The molecule has 0 rings (SSSR count). The predicted molar refractivity (Wildman–Crippen MR) is 27.3 cm³/mol. The van der Waals surface area contributed by atoms with Crippen molar-refractivity contribution in [1.29, 1.82) is 0 Å². The molecule has 0 saturated heterocycles. The van der Waals surface area contributed by atoms with E-state index in [2.05, 4.69) is 0 Å². The van der Waals surface area contributed by atoms with Crippen molar-refractivity contribution in [3.63, 3.8) is 0 Å². The van der Waals surface area contributed by atoms with Crippen LogP contribution in [0.25, 0.3) is 0 Å². The SMILES string of the molecule is N.O=P(O)(O)O.[Ba+2].[H-].[H-]. The van der Waals surface area contributed by atoms with Gasteiger partial charge < -0.3 is 23.7 Å². The second-order valence-corrected chi connectivity index (χ2v) is 1.54. The summed E-state index contributed by atoms with van der Waals surface area (Å²) in [6, 6.07) is 0. The molecule has 7 heteroatoms. The number of hydrogen-bond acceptors (Lipinski definition) is 2. The maximum atomic E-state index is 8.88. The first-order chi connectivity index (χ1) is 2.00. The van der Waals surface area contributed by atoms with Crippen LogP contribution < -0.4 is 6.15 Å². The van der Waals surface area contributed by atoms with Crippen molar-refractivity contribution in [3.8, 4) is 0 Å². The summed E-state index contributed by atoms with van der Waals surface area (Å²) < 4.78 is 8.88. The summed E-state index contributed by atoms with van der Waals surface area (Å²) >= 11 is 0. The number of hydrogen-bond donors (Lipinski definition) is 4. The van der Waals surface area contributed by atoms with Gasteiger partial charge in [0.15, 0.2) is 0 Å². The van der Waals surface area contributed by atoms with E-state index in [0.29, 0.717) is 0 Å². The van der Waals surface area contributed by atoms with Crippen LogP contribution in [0.15, 0.2) is 0 Å². The fraction of sp³-hybridized carbons (Fsp3) is 0. The van der Waals surface area contributed by atoms with Gasteiger partial charge in [-0.2, -0.15) is 0 Å². The zero-order chi connectivity index (χ0) is 4.50. The normalized spacial score (nSPS) is 8.43. The summed E-state index contributed by atoms with van der Waals surface area (Å²) in [5, 5.41) is 0. The Balaban J connectivity index is -0.0000000133. The Kier molecular flexibility index (Phi) is 13.1. The molecule has 0 fully saturated rings. The molecule has 0 spiro atoms. The van der Waals surface area contributed by atoms with Gasteiger partial charge in [0.1, 0.15) is 0 Å². The Hall–Kier alpha value is 1.64. The first-order valence-corrected chi connectivity index (χ1v) is 2.35. The van der Waals surface area contributed by atoms with E-state index >= 15 is 0 Å². The van der Waals surface area contributed by atoms with Crippen molar-refractivity contribution in [2.45, 2.75) is 0 Å². The van der Waals surface area contributed by atoms with Crippen LogP contribution in [0, 0.1) is 0 Å². The second kappa shape index (κ2) is 5.77. The number of rotatable bonds is 0. The Morgan fingerprint density at radius 2 is 1.29 bits per heavy atom. The van der Waals surface area contributed by atoms with E-state index in [0.717, 1.165) is 0 Å². The van der Waals surface area contributed by atoms with E-state index in [1.165, 1.54) is 0 Å². The summed E-state index contributed by atoms with van der Waals surface area (Å²) in [6.07, 6.45) is 0. The van der Waals surface area contributed by atoms with Crippen LogP contribution >= 0.6 is 7.82 Å². The quantitative estimate of drug-likeness (QED) is 0.330. The van der Waals surface area contributed by atoms with Gasteiger partial charge in [0, 0.05) is 0 Å². The van der Waals surface area contributed by atoms with Crippen LogP contribution in [-0.4, -0.2) is 63.6 Å². The van der Waals surface area contributed by atoms with Gasteiger partial charge in [-0.05, 0) is 0 Å². The molecule has 0 aliphatic rings. The first kappa shape index (κ1) is 15.9. The van der Waals surface area contributed by atoms with Gasteiger partial charge in [0.25, 0.3) is 0 Å². The molecule has 0 aromatic carbocycles. The second-order valence-electron chi connectivity index (χ2n) is 0.513. The third kappa shape index (κ3) is 90.3. The Labute approximate surface area is 84.0 Å². The van der Waals surface area contributed by atoms with Gasteiger partial charge >= 0.3 is 56.7 Å². The minimum absolute atomic E-state index is 0. The van der Waals surface area contributed by atoms with E-state index in [1.54, 1.807) is 0 Å². The van der Waals surface area contributed by atoms with E-state index < -0.39 is 7.82 Å². The fourth-order valence-corrected chi connectivity index (χ4v) is 0. The van der Waals surface area contributed by atoms with Crippen LogP contribution in [0.5, 0.6) is 0 Å². The molecule has 0 radical (unpaired) electrons. The molecular weight excluding hydrogens is 246 g/mol. The Morgan fingerprint density at radius 3 is 1.29 bits per heavy atom. The van der Waals surface area contributed by atoms with E-state index in [4.69, 9.17) is 19.2 Å². The van der Waals surface area contributed by atoms with Crippen molar-refractivity contribution in [3.05, 3.63) is 0 Å². The van der Waals surface area contributed by atoms with Crippen LogP contribution in [0.4, 0.5) is 0 Å². The predicted octanol–water partition coefficient (Wildman–Crippen LogP) is -0.922. The third-order valence-corrected chi connectivity index (χ3v) is 0. The molecule has 0 aromatic rings. The minimum Gasteiger partial charge on any atom is -1.00 e. The molecule has 0 atom stereocenters. The first-order valence-electron chi connectivity index (χ1n) is 0.783. The molecule has 0 aromatic heterocycles. The molecule has 0 bridgehead atoms. The van der Waals surface area contributed by atoms with Gasteiger partial charge in [-0.25, -0.2) is 4.57 Å². The summed E-state index contributed by atoms with van der Waals surface area (Å²) in [5.74, 6) is 0. The largest absolute Gasteiger partial charge is 2.00 e. The maximum Gasteiger partial charge on any atom is 2.00 e. The van der Waals surface area contributed by atoms with E-state index in [-0.39, 0.29) is 57.9 Å². The van der Waals surface area contributed by atoms with Gasteiger partial charge in [0.2, 0.25) is 0 Å². The standard InChI is InChI=1S/Ba.H3N.H3O4P.2H/c;;1-5(2,3)4;;/h;1H3;(H3,1,2,3,4);;/q+2;;;2*-1. The molecule has 0 aliphatic heterocycles. The van der Waals surface area contributed by atoms with Gasteiger partial charge in [-0.15, -0.1) is 0 Å². The summed E-state index contributed by atoms with van der Waals surface area (Å²) in [4.78, 5) is 21.6. The van der Waals surface area contributed by atoms with Crippen LogP contribution in [0.1, 0.15) is 2.85 Å². The van der Waals surface area contributed by atoms with Crippen molar-refractivity contribution in [2.75, 3.05) is 0 Å². The van der Waals surface area contributed by atoms with Gasteiger partial charge in [-0.1, -0.05) is 0 Å². The smallest absolute Gasteiger partial charge is 1.00 e. The van der Waals surface area contributed by atoms with Crippen molar-refractivity contribution < 1.29 is 22.1 Å². The summed E-state index contributed by atoms with van der Waals surface area (Å²) in [7, 11) is -4.64. The molecule has 0 amide bonds. The molecule has 0 unspecified atom stereocenters. The fourth-order valence-electron chi connectivity index (χ4n) is 0. The Bertz CT molecular complexity index is 64.7. The Morgan fingerprint density at radius 1 is 1.29 bits per heavy atom. The monoisotopic (exact) mass is 255 g/mol. The van der Waals surface area contributed by atoms with Crippen LogP contribution in [0.3, 0.4) is 0 Å². The van der Waals surface area contributed by atoms with Crippen LogP contribution in [0.2, 0.25) is 0 Å². The average Bonchev–Trinajstić information content (AvgIpc) is 0.722.